The zero-order valence-electron chi connectivity index (χ0n) is 34.1. The van der Waals surface area contributed by atoms with Gasteiger partial charge in [0.2, 0.25) is 17.8 Å². The summed E-state index contributed by atoms with van der Waals surface area (Å²) in [4.78, 5) is 77.1. The molecule has 5 aromatic rings. The zero-order valence-corrected chi connectivity index (χ0v) is 34.1. The Hall–Kier alpha value is -6.68. The Bertz CT molecular complexity index is 2420. The van der Waals surface area contributed by atoms with Crippen molar-refractivity contribution in [2.75, 3.05) is 69.5 Å². The molecule has 1 aromatic heterocycles. The Morgan fingerprint density at radius 1 is 0.774 bits per heavy atom. The number of methoxy groups -OCH3 is 1. The molecule has 0 radical (unpaired) electrons. The van der Waals surface area contributed by atoms with Crippen LogP contribution in [0.15, 0.2) is 128 Å². The van der Waals surface area contributed by atoms with Gasteiger partial charge in [0.15, 0.2) is 0 Å². The van der Waals surface area contributed by atoms with E-state index in [4.69, 9.17) is 18.9 Å². The van der Waals surface area contributed by atoms with Gasteiger partial charge in [-0.25, -0.2) is 19.7 Å². The van der Waals surface area contributed by atoms with Crippen molar-refractivity contribution in [3.05, 3.63) is 150 Å². The second-order valence-electron chi connectivity index (χ2n) is 15.5. The van der Waals surface area contributed by atoms with E-state index in [-0.39, 0.29) is 45.2 Å². The van der Waals surface area contributed by atoms with E-state index in [1.807, 2.05) is 76.5 Å². The second kappa shape index (κ2) is 17.4. The lowest BCUT2D eigenvalue weighted by atomic mass is 9.65. The predicted octanol–water partition coefficient (Wildman–Crippen LogP) is 4.65. The van der Waals surface area contributed by atoms with Crippen LogP contribution in [0.4, 0.5) is 16.4 Å². The van der Waals surface area contributed by atoms with E-state index in [9.17, 15) is 9.90 Å². The molecule has 4 aliphatic rings. The molecule has 3 saturated heterocycles. The highest BCUT2D eigenvalue weighted by atomic mass is 16.6. The summed E-state index contributed by atoms with van der Waals surface area (Å²) in [6, 6.07) is 31.7. The molecule has 62 heavy (non-hydrogen) atoms. The van der Waals surface area contributed by atoms with Crippen LogP contribution in [0.1, 0.15) is 40.4 Å². The fourth-order valence-electron chi connectivity index (χ4n) is 9.82. The number of hydrogen-bond donors (Lipinski definition) is 1. The number of piperazine rings is 1. The number of benzene rings is 4. The Labute approximate surface area is 358 Å². The Morgan fingerprint density at radius 2 is 1.45 bits per heavy atom. The molecule has 4 aromatic carbocycles. The van der Waals surface area contributed by atoms with Crippen molar-refractivity contribution < 1.29 is 43.2 Å². The molecular formula is C47H46N6O9. The van der Waals surface area contributed by atoms with E-state index in [0.717, 1.165) is 16.0 Å². The first-order chi connectivity index (χ1) is 30.4. The number of hydrogen-bond acceptors (Lipinski definition) is 13. The van der Waals surface area contributed by atoms with Crippen LogP contribution < -0.4 is 14.5 Å². The molecule has 4 aliphatic heterocycles. The number of rotatable bonds is 11. The number of carbonyl (C=O) groups is 4. The fourth-order valence-corrected chi connectivity index (χ4v) is 9.82. The van der Waals surface area contributed by atoms with E-state index >= 15 is 14.4 Å². The summed E-state index contributed by atoms with van der Waals surface area (Å²) >= 11 is 0. The number of amides is 3. The quantitative estimate of drug-likeness (QED) is 0.145. The lowest BCUT2D eigenvalue weighted by Gasteiger charge is -2.46. The molecule has 3 fully saturated rings. The van der Waals surface area contributed by atoms with E-state index in [1.54, 1.807) is 65.8 Å². The van der Waals surface area contributed by atoms with Crippen molar-refractivity contribution in [3.63, 3.8) is 0 Å². The van der Waals surface area contributed by atoms with Crippen LogP contribution in [0.25, 0.3) is 0 Å². The summed E-state index contributed by atoms with van der Waals surface area (Å²) in [6.45, 7) is 1.01. The number of carbonyl (C=O) groups excluding carboxylic acids is 4. The molecule has 0 unspecified atom stereocenters. The number of morpholine rings is 1. The minimum atomic E-state index is -1.91. The second-order valence-corrected chi connectivity index (χ2v) is 15.5. The normalized spacial score (nSPS) is 24.4. The maximum absolute atomic E-state index is 16.1. The highest BCUT2D eigenvalue weighted by molar-refractivity contribution is 6.23. The van der Waals surface area contributed by atoms with Gasteiger partial charge in [-0.1, -0.05) is 91.0 Å². The molecule has 3 amide bonds. The summed E-state index contributed by atoms with van der Waals surface area (Å²) < 4.78 is 23.3. The van der Waals surface area contributed by atoms with Crippen LogP contribution in [0.2, 0.25) is 0 Å². The Morgan fingerprint density at radius 3 is 2.16 bits per heavy atom. The van der Waals surface area contributed by atoms with Gasteiger partial charge >= 0.3 is 12.1 Å². The summed E-state index contributed by atoms with van der Waals surface area (Å²) in [5, 5.41) is 9.72. The minimum Gasteiger partial charge on any atom is -0.491 e. The average molecular weight is 839 g/mol. The van der Waals surface area contributed by atoms with Gasteiger partial charge in [0.25, 0.3) is 0 Å². The number of esters is 1. The first-order valence-corrected chi connectivity index (χ1v) is 20.7. The number of aliphatic hydroxyl groups is 1. The van der Waals surface area contributed by atoms with Gasteiger partial charge in [0.05, 0.1) is 36.9 Å². The number of para-hydroxylation sites is 1. The number of nitrogens with zero attached hydrogens (tertiary/aromatic N) is 6. The van der Waals surface area contributed by atoms with Gasteiger partial charge in [-0.05, 0) is 46.5 Å². The van der Waals surface area contributed by atoms with Gasteiger partial charge in [-0.15, -0.1) is 0 Å². The van der Waals surface area contributed by atoms with Crippen molar-refractivity contribution in [3.8, 4) is 5.75 Å². The van der Waals surface area contributed by atoms with Crippen LogP contribution >= 0.6 is 0 Å². The third-order valence-corrected chi connectivity index (χ3v) is 12.3. The number of fused-ring (bicyclic) bond motifs is 3. The number of anilines is 2. The highest BCUT2D eigenvalue weighted by Crippen LogP contribution is 2.66. The van der Waals surface area contributed by atoms with Gasteiger partial charge in [-0.3, -0.25) is 19.3 Å². The molecule has 0 saturated carbocycles. The third kappa shape index (κ3) is 6.91. The molecule has 15 nitrogen and oxygen atoms in total. The number of imide groups is 1. The van der Waals surface area contributed by atoms with Crippen molar-refractivity contribution in [1.29, 1.82) is 0 Å². The Balaban J connectivity index is 1.29. The zero-order chi connectivity index (χ0) is 42.8. The van der Waals surface area contributed by atoms with Crippen LogP contribution in [0, 0.1) is 5.92 Å². The van der Waals surface area contributed by atoms with Crippen molar-refractivity contribution in [1.82, 2.24) is 19.8 Å². The van der Waals surface area contributed by atoms with Crippen molar-refractivity contribution >= 4 is 35.5 Å². The lowest BCUT2D eigenvalue weighted by Crippen LogP contribution is -2.59. The molecule has 9 rings (SSSR count). The van der Waals surface area contributed by atoms with Gasteiger partial charge in [0.1, 0.15) is 36.5 Å². The number of ether oxygens (including phenoxy) is 4. The molecule has 15 heteroatoms. The van der Waals surface area contributed by atoms with Crippen molar-refractivity contribution in [2.45, 2.75) is 29.6 Å². The smallest absolute Gasteiger partial charge is 0.421 e. The predicted molar refractivity (Wildman–Crippen MR) is 225 cm³/mol. The van der Waals surface area contributed by atoms with Crippen LogP contribution in [-0.4, -0.2) is 115 Å². The maximum Gasteiger partial charge on any atom is 0.421 e. The largest absolute Gasteiger partial charge is 0.491 e. The van der Waals surface area contributed by atoms with E-state index < -0.39 is 59.4 Å². The molecule has 0 aliphatic carbocycles. The maximum atomic E-state index is 16.1. The standard InChI is InChI=1S/C47H46N6O9/c1-59-28-29-61-46(58)52-36-19-9-8-18-35(36)47(44(52)57)37(42(55)50-22-24-51(25-23-50)45-48-20-11-21-49-45)39-43(56)62-40(32-14-6-3-7-15-32)38(31-12-4-2-5-13-31)53(39)41(47)33-16-10-17-34(30-33)60-27-26-54/h2-21,30,37-41,54H,22-29H2,1H3/t37-,38-,39-,40+,41+,47-/m1/s1. The highest BCUT2D eigenvalue weighted by Gasteiger charge is 2.76. The molecule has 0 bridgehead atoms. The molecule has 5 heterocycles. The summed E-state index contributed by atoms with van der Waals surface area (Å²) in [6.07, 6.45) is 1.51. The molecular weight excluding hydrogens is 793 g/mol. The van der Waals surface area contributed by atoms with E-state index in [0.29, 0.717) is 35.9 Å². The SMILES string of the molecule is COCCOC(=O)N1C(=O)[C@@]2(c3ccccc31)[C@H](c1cccc(OCCO)c1)N1[C@H](c3ccccc3)[C@H](c3ccccc3)OC(=O)[C@H]1[C@@H]2C(=O)N1CCN(c2ncccn2)CC1. The minimum absolute atomic E-state index is 0.00458. The summed E-state index contributed by atoms with van der Waals surface area (Å²) in [5.41, 5.74) is 0.770. The first kappa shape index (κ1) is 40.7. The first-order valence-electron chi connectivity index (χ1n) is 20.7. The van der Waals surface area contributed by atoms with Crippen LogP contribution in [-0.2, 0) is 34.0 Å². The monoisotopic (exact) mass is 838 g/mol. The van der Waals surface area contributed by atoms with Crippen molar-refractivity contribution in [2.24, 2.45) is 5.92 Å². The van der Waals surface area contributed by atoms with Crippen LogP contribution in [0.3, 0.4) is 0 Å². The van der Waals surface area contributed by atoms with Gasteiger partial charge in [0, 0.05) is 45.7 Å². The molecule has 318 valence electrons. The molecule has 1 N–H and O–H groups in total. The summed E-state index contributed by atoms with van der Waals surface area (Å²) in [7, 11) is 1.48. The Kier molecular flexibility index (Phi) is 11.4. The van der Waals surface area contributed by atoms with E-state index in [1.165, 1.54) is 7.11 Å². The van der Waals surface area contributed by atoms with Crippen LogP contribution in [0.5, 0.6) is 5.75 Å². The topological polar surface area (TPSA) is 164 Å². The van der Waals surface area contributed by atoms with Gasteiger partial charge in [-0.2, -0.15) is 0 Å². The molecule has 1 spiro atoms. The number of aromatic nitrogens is 2. The number of cyclic esters (lactones) is 1. The average Bonchev–Trinajstić information content (AvgIpc) is 3.78. The van der Waals surface area contributed by atoms with Gasteiger partial charge < -0.3 is 33.9 Å². The van der Waals surface area contributed by atoms with E-state index in [2.05, 4.69) is 9.97 Å². The molecule has 6 atom stereocenters. The lowest BCUT2D eigenvalue weighted by molar-refractivity contribution is -0.179. The summed E-state index contributed by atoms with van der Waals surface area (Å²) in [5.74, 6) is -2.31. The number of aliphatic hydroxyl groups excluding tert-OH is 1. The fraction of sp³-hybridized carbons (Fsp3) is 0.319. The third-order valence-electron chi connectivity index (χ3n) is 12.3.